The van der Waals surface area contributed by atoms with Crippen molar-refractivity contribution in [3.05, 3.63) is 35.9 Å². The molecule has 1 aliphatic carbocycles. The number of carbonyl (C=O) groups excluding carboxylic acids is 1. The molecule has 1 unspecified atom stereocenters. The lowest BCUT2D eigenvalue weighted by atomic mass is 9.84. The molecule has 3 nitrogen and oxygen atoms in total. The number of amides is 1. The van der Waals surface area contributed by atoms with E-state index in [1.807, 2.05) is 42.2 Å². The molecule has 2 rings (SSSR count). The van der Waals surface area contributed by atoms with E-state index >= 15 is 0 Å². The second-order valence-electron chi connectivity index (χ2n) is 5.42. The minimum atomic E-state index is -0.494. The van der Waals surface area contributed by atoms with E-state index in [2.05, 4.69) is 0 Å². The van der Waals surface area contributed by atoms with E-state index in [0.29, 0.717) is 12.5 Å². The smallest absolute Gasteiger partial charge is 0.236 e. The Morgan fingerprint density at radius 1 is 1.40 bits per heavy atom. The fraction of sp³-hybridized carbons (Fsp3) is 0.500. The summed E-state index contributed by atoms with van der Waals surface area (Å²) in [5.74, 6) is 0.200. The molecule has 1 aliphatic rings. The van der Waals surface area contributed by atoms with Crippen LogP contribution >= 0.6 is 12.2 Å². The van der Waals surface area contributed by atoms with Crippen molar-refractivity contribution < 1.29 is 4.79 Å². The van der Waals surface area contributed by atoms with Crippen molar-refractivity contribution in [2.45, 2.75) is 32.1 Å². The zero-order chi connectivity index (χ0) is 14.5. The maximum Gasteiger partial charge on any atom is 0.236 e. The van der Waals surface area contributed by atoms with E-state index < -0.39 is 5.92 Å². The van der Waals surface area contributed by atoms with Gasteiger partial charge in [-0.1, -0.05) is 49.0 Å². The number of nitrogens with zero attached hydrogens (tertiary/aromatic N) is 1. The molecular formula is C16H22N2OS. The lowest BCUT2D eigenvalue weighted by Crippen LogP contribution is -2.43. The van der Waals surface area contributed by atoms with E-state index in [1.54, 1.807) is 0 Å². The quantitative estimate of drug-likeness (QED) is 0.819. The fourth-order valence-electron chi connectivity index (χ4n) is 2.62. The molecule has 1 saturated carbocycles. The Kier molecular flexibility index (Phi) is 5.12. The van der Waals surface area contributed by atoms with Crippen LogP contribution in [0.25, 0.3) is 0 Å². The third kappa shape index (κ3) is 3.37. The summed E-state index contributed by atoms with van der Waals surface area (Å²) < 4.78 is 0. The first-order valence-electron chi connectivity index (χ1n) is 7.26. The number of benzene rings is 1. The maximum absolute atomic E-state index is 12.8. The molecule has 1 atom stereocenters. The molecule has 20 heavy (non-hydrogen) atoms. The minimum absolute atomic E-state index is 0.0399. The molecule has 0 aromatic heterocycles. The first kappa shape index (κ1) is 15.0. The number of rotatable bonds is 6. The summed E-state index contributed by atoms with van der Waals surface area (Å²) in [5.41, 5.74) is 6.71. The molecule has 1 aromatic rings. The number of hydrogen-bond acceptors (Lipinski definition) is 2. The van der Waals surface area contributed by atoms with Gasteiger partial charge in [-0.05, 0) is 31.2 Å². The Morgan fingerprint density at radius 3 is 2.50 bits per heavy atom. The van der Waals surface area contributed by atoms with Crippen LogP contribution in [-0.4, -0.2) is 28.9 Å². The van der Waals surface area contributed by atoms with Crippen molar-refractivity contribution in [3.63, 3.8) is 0 Å². The lowest BCUT2D eigenvalue weighted by molar-refractivity contribution is -0.132. The van der Waals surface area contributed by atoms with Crippen LogP contribution in [0.5, 0.6) is 0 Å². The van der Waals surface area contributed by atoms with Gasteiger partial charge >= 0.3 is 0 Å². The van der Waals surface area contributed by atoms with E-state index in [1.165, 1.54) is 19.3 Å². The summed E-state index contributed by atoms with van der Waals surface area (Å²) in [6, 6.07) is 9.58. The molecule has 1 aromatic carbocycles. The lowest BCUT2D eigenvalue weighted by Gasteiger charge is -2.33. The highest BCUT2D eigenvalue weighted by Crippen LogP contribution is 2.28. The molecule has 0 bridgehead atoms. The van der Waals surface area contributed by atoms with Gasteiger partial charge in [-0.15, -0.1) is 0 Å². The van der Waals surface area contributed by atoms with Gasteiger partial charge in [-0.25, -0.2) is 0 Å². The third-order valence-electron chi connectivity index (χ3n) is 4.06. The summed E-state index contributed by atoms with van der Waals surface area (Å²) in [5, 5.41) is 0. The molecule has 2 N–H and O–H groups in total. The Balaban J connectivity index is 2.14. The molecular weight excluding hydrogens is 268 g/mol. The molecule has 0 spiro atoms. The van der Waals surface area contributed by atoms with Crippen LogP contribution in [0.3, 0.4) is 0 Å². The van der Waals surface area contributed by atoms with E-state index in [4.69, 9.17) is 18.0 Å². The Morgan fingerprint density at radius 2 is 2.05 bits per heavy atom. The van der Waals surface area contributed by atoms with Gasteiger partial charge in [0.15, 0.2) is 0 Å². The largest absolute Gasteiger partial charge is 0.392 e. The third-order valence-corrected chi connectivity index (χ3v) is 4.30. The van der Waals surface area contributed by atoms with Crippen molar-refractivity contribution in [1.29, 1.82) is 0 Å². The predicted molar refractivity (Wildman–Crippen MR) is 85.6 cm³/mol. The monoisotopic (exact) mass is 290 g/mol. The average molecular weight is 290 g/mol. The van der Waals surface area contributed by atoms with Gasteiger partial charge in [0.05, 0.1) is 4.99 Å². The van der Waals surface area contributed by atoms with Crippen LogP contribution in [0.4, 0.5) is 0 Å². The highest BCUT2D eigenvalue weighted by atomic mass is 32.1. The topological polar surface area (TPSA) is 46.3 Å². The van der Waals surface area contributed by atoms with Crippen LogP contribution < -0.4 is 5.73 Å². The molecule has 4 heteroatoms. The van der Waals surface area contributed by atoms with Gasteiger partial charge in [0, 0.05) is 13.1 Å². The first-order valence-corrected chi connectivity index (χ1v) is 7.67. The van der Waals surface area contributed by atoms with Gasteiger partial charge in [-0.3, -0.25) is 4.79 Å². The van der Waals surface area contributed by atoms with Gasteiger partial charge in [0.1, 0.15) is 5.92 Å². The van der Waals surface area contributed by atoms with Gasteiger partial charge in [0.25, 0.3) is 0 Å². The molecule has 0 heterocycles. The fourth-order valence-corrected chi connectivity index (χ4v) is 2.86. The zero-order valence-corrected chi connectivity index (χ0v) is 12.7. The molecule has 0 radical (unpaired) electrons. The Bertz CT molecular complexity index is 471. The van der Waals surface area contributed by atoms with Crippen molar-refractivity contribution >= 4 is 23.1 Å². The number of nitrogens with two attached hydrogens (primary N) is 1. The Hall–Kier alpha value is -1.42. The summed E-state index contributed by atoms with van der Waals surface area (Å²) in [6.07, 6.45) is 3.74. The number of thiocarbonyl (C=S) groups is 1. The van der Waals surface area contributed by atoms with Gasteiger partial charge in [0.2, 0.25) is 5.91 Å². The van der Waals surface area contributed by atoms with Crippen molar-refractivity contribution in [1.82, 2.24) is 4.90 Å². The summed E-state index contributed by atoms with van der Waals surface area (Å²) >= 11 is 5.13. The molecule has 1 fully saturated rings. The highest BCUT2D eigenvalue weighted by Gasteiger charge is 2.30. The SMILES string of the molecule is CCN(CC1CCC1)C(=O)C(C(N)=S)c1ccccc1. The van der Waals surface area contributed by atoms with Crippen molar-refractivity contribution in [2.75, 3.05) is 13.1 Å². The van der Waals surface area contributed by atoms with Crippen LogP contribution in [0, 0.1) is 5.92 Å². The van der Waals surface area contributed by atoms with Gasteiger partial charge in [-0.2, -0.15) is 0 Å². The molecule has 0 saturated heterocycles. The average Bonchev–Trinajstić information content (AvgIpc) is 2.38. The summed E-state index contributed by atoms with van der Waals surface area (Å²) in [4.78, 5) is 14.9. The molecule has 108 valence electrons. The predicted octanol–water partition coefficient (Wildman–Crippen LogP) is 2.70. The van der Waals surface area contributed by atoms with Gasteiger partial charge < -0.3 is 10.6 Å². The number of likely N-dealkylation sites (N-methyl/N-ethyl adjacent to an activating group) is 1. The number of carbonyl (C=O) groups is 1. The van der Waals surface area contributed by atoms with E-state index in [9.17, 15) is 4.79 Å². The molecule has 1 amide bonds. The highest BCUT2D eigenvalue weighted by molar-refractivity contribution is 7.80. The number of hydrogen-bond donors (Lipinski definition) is 1. The zero-order valence-electron chi connectivity index (χ0n) is 11.9. The van der Waals surface area contributed by atoms with Crippen molar-refractivity contribution in [3.8, 4) is 0 Å². The molecule has 0 aliphatic heterocycles. The van der Waals surface area contributed by atoms with Crippen LogP contribution in [0.15, 0.2) is 30.3 Å². The minimum Gasteiger partial charge on any atom is -0.392 e. The Labute approximate surface area is 126 Å². The van der Waals surface area contributed by atoms with Crippen LogP contribution in [-0.2, 0) is 4.79 Å². The second kappa shape index (κ2) is 6.84. The summed E-state index contributed by atoms with van der Waals surface area (Å²) in [6.45, 7) is 3.56. The standard InChI is InChI=1S/C16H22N2OS/c1-2-18(11-12-7-6-8-12)16(19)14(15(17)20)13-9-4-3-5-10-13/h3-5,9-10,12,14H,2,6-8,11H2,1H3,(H2,17,20). The second-order valence-corrected chi connectivity index (χ2v) is 5.89. The van der Waals surface area contributed by atoms with E-state index in [-0.39, 0.29) is 10.9 Å². The van der Waals surface area contributed by atoms with Crippen LogP contribution in [0.2, 0.25) is 0 Å². The first-order chi connectivity index (χ1) is 9.63. The maximum atomic E-state index is 12.8. The van der Waals surface area contributed by atoms with E-state index in [0.717, 1.165) is 12.1 Å². The van der Waals surface area contributed by atoms with Crippen LogP contribution in [0.1, 0.15) is 37.7 Å². The normalized spacial score (nSPS) is 16.2. The summed E-state index contributed by atoms with van der Waals surface area (Å²) in [7, 11) is 0. The van der Waals surface area contributed by atoms with Crippen molar-refractivity contribution in [2.24, 2.45) is 11.7 Å².